The Morgan fingerprint density at radius 1 is 1.22 bits per heavy atom. The van der Waals surface area contributed by atoms with E-state index in [0.717, 1.165) is 23.7 Å². The lowest BCUT2D eigenvalue weighted by Crippen LogP contribution is -2.17. The fraction of sp³-hybridized carbons (Fsp3) is 0.200. The fourth-order valence-corrected chi connectivity index (χ4v) is 1.94. The number of hydrogen-bond donors (Lipinski definition) is 0. The number of nitriles is 1. The minimum atomic E-state index is 0.645. The molecule has 90 valence electrons. The number of hydrogen-bond acceptors (Lipinski definition) is 3. The third-order valence-corrected chi connectivity index (χ3v) is 2.73. The summed E-state index contributed by atoms with van der Waals surface area (Å²) in [4.78, 5) is 6.60. The summed E-state index contributed by atoms with van der Waals surface area (Å²) in [6.45, 7) is 4.79. The lowest BCUT2D eigenvalue weighted by molar-refractivity contribution is 0.978. The van der Waals surface area contributed by atoms with Crippen LogP contribution < -0.4 is 4.90 Å². The summed E-state index contributed by atoms with van der Waals surface area (Å²) in [7, 11) is 0. The van der Waals surface area contributed by atoms with Crippen molar-refractivity contribution in [1.29, 1.82) is 5.26 Å². The van der Waals surface area contributed by atoms with Gasteiger partial charge in [-0.25, -0.2) is 4.98 Å². The molecule has 0 aliphatic carbocycles. The second-order valence-electron chi connectivity index (χ2n) is 4.05. The number of pyridine rings is 1. The molecule has 0 bridgehead atoms. The zero-order chi connectivity index (χ0) is 13.0. The van der Waals surface area contributed by atoms with E-state index in [0.29, 0.717) is 5.56 Å². The average Bonchev–Trinajstić information content (AvgIpc) is 2.40. The van der Waals surface area contributed by atoms with Crippen molar-refractivity contribution < 1.29 is 0 Å². The van der Waals surface area contributed by atoms with Gasteiger partial charge < -0.3 is 4.90 Å². The Balaban J connectivity index is 2.46. The number of rotatable bonds is 3. The van der Waals surface area contributed by atoms with Crippen LogP contribution in [0.2, 0.25) is 0 Å². The highest BCUT2D eigenvalue weighted by Gasteiger charge is 2.09. The first-order valence-electron chi connectivity index (χ1n) is 5.96. The lowest BCUT2D eigenvalue weighted by atomic mass is 10.2. The Bertz CT molecular complexity index is 570. The number of benzene rings is 1. The maximum atomic E-state index is 9.02. The molecule has 2 rings (SSSR count). The van der Waals surface area contributed by atoms with Crippen molar-refractivity contribution in [2.75, 3.05) is 11.4 Å². The topological polar surface area (TPSA) is 39.9 Å². The standard InChI is InChI=1S/C15H15N3/c1-3-18(14-7-5-4-6-8-14)15-10-13(11-16)9-12(2)17-15/h4-10H,3H2,1-2H3. The molecule has 0 N–H and O–H groups in total. The predicted molar refractivity (Wildman–Crippen MR) is 72.8 cm³/mol. The van der Waals surface area contributed by atoms with Crippen molar-refractivity contribution in [3.05, 3.63) is 53.7 Å². The van der Waals surface area contributed by atoms with E-state index in [1.54, 1.807) is 6.07 Å². The number of aromatic nitrogens is 1. The van der Waals surface area contributed by atoms with Crippen molar-refractivity contribution in [3.8, 4) is 6.07 Å². The molecular weight excluding hydrogens is 222 g/mol. The first-order chi connectivity index (χ1) is 8.74. The third-order valence-electron chi connectivity index (χ3n) is 2.73. The molecule has 2 aromatic rings. The predicted octanol–water partition coefficient (Wildman–Crippen LogP) is 3.42. The van der Waals surface area contributed by atoms with Crippen molar-refractivity contribution in [2.45, 2.75) is 13.8 Å². The van der Waals surface area contributed by atoms with Gasteiger partial charge in [-0.15, -0.1) is 0 Å². The Hall–Kier alpha value is -2.34. The van der Waals surface area contributed by atoms with Crippen LogP contribution in [0.4, 0.5) is 11.5 Å². The molecule has 1 aromatic heterocycles. The van der Waals surface area contributed by atoms with E-state index in [1.807, 2.05) is 43.3 Å². The fourth-order valence-electron chi connectivity index (χ4n) is 1.94. The molecule has 0 unspecified atom stereocenters. The van der Waals surface area contributed by atoms with Crippen LogP contribution in [0.3, 0.4) is 0 Å². The molecule has 0 saturated carbocycles. The Kier molecular flexibility index (Phi) is 3.59. The maximum Gasteiger partial charge on any atom is 0.134 e. The Labute approximate surface area is 107 Å². The van der Waals surface area contributed by atoms with Gasteiger partial charge in [0.2, 0.25) is 0 Å². The minimum absolute atomic E-state index is 0.645. The Morgan fingerprint density at radius 3 is 2.56 bits per heavy atom. The van der Waals surface area contributed by atoms with Gasteiger partial charge in [-0.3, -0.25) is 0 Å². The molecule has 1 heterocycles. The highest BCUT2D eigenvalue weighted by molar-refractivity contribution is 5.61. The number of aryl methyl sites for hydroxylation is 1. The van der Waals surface area contributed by atoms with Gasteiger partial charge in [-0.2, -0.15) is 5.26 Å². The number of nitrogens with zero attached hydrogens (tertiary/aromatic N) is 3. The van der Waals surface area contributed by atoms with Gasteiger partial charge in [0.05, 0.1) is 11.6 Å². The van der Waals surface area contributed by atoms with Crippen LogP contribution in [-0.2, 0) is 0 Å². The van der Waals surface area contributed by atoms with E-state index >= 15 is 0 Å². The van der Waals surface area contributed by atoms with Gasteiger partial charge in [-0.1, -0.05) is 18.2 Å². The van der Waals surface area contributed by atoms with Crippen molar-refractivity contribution >= 4 is 11.5 Å². The summed E-state index contributed by atoms with van der Waals surface area (Å²) < 4.78 is 0. The molecule has 18 heavy (non-hydrogen) atoms. The molecule has 0 atom stereocenters. The van der Waals surface area contributed by atoms with Crippen LogP contribution in [0.1, 0.15) is 18.2 Å². The first kappa shape index (κ1) is 12.1. The van der Waals surface area contributed by atoms with E-state index in [2.05, 4.69) is 22.9 Å². The monoisotopic (exact) mass is 237 g/mol. The molecule has 3 nitrogen and oxygen atoms in total. The highest BCUT2D eigenvalue weighted by Crippen LogP contribution is 2.24. The van der Waals surface area contributed by atoms with Crippen LogP contribution in [0.15, 0.2) is 42.5 Å². The minimum Gasteiger partial charge on any atom is -0.327 e. The third kappa shape index (κ3) is 2.49. The summed E-state index contributed by atoms with van der Waals surface area (Å²) in [5, 5.41) is 9.02. The molecule has 0 radical (unpaired) electrons. The normalized spacial score (nSPS) is 9.83. The molecule has 0 fully saturated rings. The summed E-state index contributed by atoms with van der Waals surface area (Å²) in [5.74, 6) is 0.820. The second kappa shape index (κ2) is 5.33. The molecule has 0 aliphatic rings. The molecule has 0 aliphatic heterocycles. The average molecular weight is 237 g/mol. The molecule has 1 aromatic carbocycles. The van der Waals surface area contributed by atoms with Crippen molar-refractivity contribution in [1.82, 2.24) is 4.98 Å². The van der Waals surface area contributed by atoms with Gasteiger partial charge >= 0.3 is 0 Å². The van der Waals surface area contributed by atoms with Crippen molar-refractivity contribution in [2.24, 2.45) is 0 Å². The first-order valence-corrected chi connectivity index (χ1v) is 5.96. The second-order valence-corrected chi connectivity index (χ2v) is 4.05. The number of para-hydroxylation sites is 1. The molecule has 0 amide bonds. The van der Waals surface area contributed by atoms with Crippen LogP contribution in [0, 0.1) is 18.3 Å². The largest absolute Gasteiger partial charge is 0.327 e. The summed E-state index contributed by atoms with van der Waals surface area (Å²) >= 11 is 0. The van der Waals surface area contributed by atoms with Crippen LogP contribution in [0.25, 0.3) is 0 Å². The van der Waals surface area contributed by atoms with Crippen LogP contribution in [-0.4, -0.2) is 11.5 Å². The van der Waals surface area contributed by atoms with Crippen molar-refractivity contribution in [3.63, 3.8) is 0 Å². The smallest absolute Gasteiger partial charge is 0.134 e. The van der Waals surface area contributed by atoms with E-state index in [1.165, 1.54) is 0 Å². The zero-order valence-electron chi connectivity index (χ0n) is 10.6. The van der Waals surface area contributed by atoms with E-state index in [-0.39, 0.29) is 0 Å². The molecule has 0 spiro atoms. The van der Waals surface area contributed by atoms with E-state index in [9.17, 15) is 0 Å². The van der Waals surface area contributed by atoms with E-state index in [4.69, 9.17) is 5.26 Å². The van der Waals surface area contributed by atoms with Gasteiger partial charge in [0, 0.05) is 17.9 Å². The molecular formula is C15H15N3. The van der Waals surface area contributed by atoms with Crippen LogP contribution >= 0.6 is 0 Å². The maximum absolute atomic E-state index is 9.02. The van der Waals surface area contributed by atoms with Gasteiger partial charge in [0.1, 0.15) is 5.82 Å². The zero-order valence-corrected chi connectivity index (χ0v) is 10.6. The Morgan fingerprint density at radius 2 is 1.94 bits per heavy atom. The summed E-state index contributed by atoms with van der Waals surface area (Å²) in [6, 6.07) is 15.9. The highest BCUT2D eigenvalue weighted by atomic mass is 15.2. The quantitative estimate of drug-likeness (QED) is 0.821. The SMILES string of the molecule is CCN(c1ccccc1)c1cc(C#N)cc(C)n1. The van der Waals surface area contributed by atoms with E-state index < -0.39 is 0 Å². The van der Waals surface area contributed by atoms with Gasteiger partial charge in [0.25, 0.3) is 0 Å². The summed E-state index contributed by atoms with van der Waals surface area (Å²) in [5.41, 5.74) is 2.59. The molecule has 0 saturated heterocycles. The van der Waals surface area contributed by atoms with Gasteiger partial charge in [0.15, 0.2) is 0 Å². The van der Waals surface area contributed by atoms with Gasteiger partial charge in [-0.05, 0) is 38.1 Å². The lowest BCUT2D eigenvalue weighted by Gasteiger charge is -2.22. The number of anilines is 2. The molecule has 3 heteroatoms. The van der Waals surface area contributed by atoms with Crippen LogP contribution in [0.5, 0.6) is 0 Å². The summed E-state index contributed by atoms with van der Waals surface area (Å²) in [6.07, 6.45) is 0.